The molecule has 1 aliphatic carbocycles. The van der Waals surface area contributed by atoms with E-state index in [0.29, 0.717) is 25.8 Å². The molecule has 0 amide bonds. The minimum absolute atomic E-state index is 0.350. The van der Waals surface area contributed by atoms with Crippen LogP contribution in [0.5, 0.6) is 5.75 Å². The maximum atomic E-state index is 10.6. The molecule has 1 N–H and O–H groups in total. The van der Waals surface area contributed by atoms with E-state index in [2.05, 4.69) is 39.9 Å². The third-order valence-electron chi connectivity index (χ3n) is 5.71. The van der Waals surface area contributed by atoms with Gasteiger partial charge in [0, 0.05) is 37.6 Å². The van der Waals surface area contributed by atoms with Crippen LogP contribution in [-0.4, -0.2) is 47.0 Å². The van der Waals surface area contributed by atoms with Crippen LogP contribution >= 0.6 is 0 Å². The summed E-state index contributed by atoms with van der Waals surface area (Å²) in [6.45, 7) is 3.15. The summed E-state index contributed by atoms with van der Waals surface area (Å²) in [7, 11) is 1.70. The molecule has 164 valence electrons. The summed E-state index contributed by atoms with van der Waals surface area (Å²) in [5.41, 5.74) is 3.60. The van der Waals surface area contributed by atoms with Crippen molar-refractivity contribution in [1.82, 2.24) is 9.47 Å². The van der Waals surface area contributed by atoms with Crippen molar-refractivity contribution in [2.75, 3.05) is 20.3 Å². The number of aliphatic hydroxyl groups is 1. The van der Waals surface area contributed by atoms with Crippen molar-refractivity contribution < 1.29 is 14.6 Å². The number of aliphatic hydroxyl groups excluding tert-OH is 1. The highest BCUT2D eigenvalue weighted by Gasteiger charge is 2.30. The SMILES string of the molecule is COc1cccc(Cn2cccc2CN(C[C@H](O)COCc2ccccc2)C2CC2)c1. The lowest BCUT2D eigenvalue weighted by molar-refractivity contribution is 0.00672. The summed E-state index contributed by atoms with van der Waals surface area (Å²) >= 11 is 0. The Morgan fingerprint density at radius 1 is 1.03 bits per heavy atom. The Kier molecular flexibility index (Phi) is 7.41. The first kappa shape index (κ1) is 21.6. The smallest absolute Gasteiger partial charge is 0.119 e. The molecule has 4 rings (SSSR count). The molecule has 3 aromatic rings. The van der Waals surface area contributed by atoms with E-state index in [1.165, 1.54) is 24.1 Å². The predicted octanol–water partition coefficient (Wildman–Crippen LogP) is 4.09. The van der Waals surface area contributed by atoms with Crippen LogP contribution in [0.3, 0.4) is 0 Å². The molecular weight excluding hydrogens is 388 g/mol. The van der Waals surface area contributed by atoms with Crippen molar-refractivity contribution in [1.29, 1.82) is 0 Å². The zero-order valence-corrected chi connectivity index (χ0v) is 18.2. The van der Waals surface area contributed by atoms with Crippen LogP contribution in [0.1, 0.15) is 29.7 Å². The average Bonchev–Trinajstić information content (AvgIpc) is 3.56. The second kappa shape index (κ2) is 10.6. The maximum Gasteiger partial charge on any atom is 0.119 e. The lowest BCUT2D eigenvalue weighted by atomic mass is 10.2. The topological polar surface area (TPSA) is 46.9 Å². The van der Waals surface area contributed by atoms with Gasteiger partial charge in [0.05, 0.1) is 26.4 Å². The summed E-state index contributed by atoms with van der Waals surface area (Å²) in [5.74, 6) is 0.879. The molecule has 0 unspecified atom stereocenters. The Balaban J connectivity index is 1.32. The van der Waals surface area contributed by atoms with Gasteiger partial charge in [0.15, 0.2) is 0 Å². The standard InChI is InChI=1S/C26H32N2O3/c1-30-26-11-5-9-22(15-26)16-27-14-6-10-24(27)17-28(23-12-13-23)18-25(29)20-31-19-21-7-3-2-4-8-21/h2-11,14-15,23,25,29H,12-13,16-20H2,1H3/t25-/m0/s1. The number of methoxy groups -OCH3 is 1. The number of benzene rings is 2. The molecule has 2 aromatic carbocycles. The van der Waals surface area contributed by atoms with Crippen LogP contribution in [-0.2, 0) is 24.4 Å². The van der Waals surface area contributed by atoms with Crippen LogP contribution in [0.25, 0.3) is 0 Å². The Bertz CT molecular complexity index is 937. The van der Waals surface area contributed by atoms with Gasteiger partial charge < -0.3 is 19.1 Å². The van der Waals surface area contributed by atoms with Crippen LogP contribution in [0.15, 0.2) is 72.9 Å². The Morgan fingerprint density at radius 2 is 1.84 bits per heavy atom. The molecule has 0 saturated heterocycles. The molecule has 0 radical (unpaired) electrons. The van der Waals surface area contributed by atoms with Crippen molar-refractivity contribution in [3.05, 3.63) is 89.7 Å². The highest BCUT2D eigenvalue weighted by Crippen LogP contribution is 2.29. The highest BCUT2D eigenvalue weighted by atomic mass is 16.5. The van der Waals surface area contributed by atoms with Gasteiger partial charge >= 0.3 is 0 Å². The fraction of sp³-hybridized carbons (Fsp3) is 0.385. The first-order chi connectivity index (χ1) is 15.2. The summed E-state index contributed by atoms with van der Waals surface area (Å²) in [5, 5.41) is 10.6. The van der Waals surface area contributed by atoms with Gasteiger partial charge in [0.1, 0.15) is 5.75 Å². The zero-order chi connectivity index (χ0) is 21.5. The van der Waals surface area contributed by atoms with E-state index in [0.717, 1.165) is 24.4 Å². The first-order valence-electron chi connectivity index (χ1n) is 11.0. The van der Waals surface area contributed by atoms with Gasteiger partial charge in [-0.3, -0.25) is 4.90 Å². The number of hydrogen-bond donors (Lipinski definition) is 1. The van der Waals surface area contributed by atoms with Crippen LogP contribution in [0.2, 0.25) is 0 Å². The number of rotatable bonds is 12. The average molecular weight is 421 g/mol. The second-order valence-electron chi connectivity index (χ2n) is 8.29. The van der Waals surface area contributed by atoms with Gasteiger partial charge in [-0.1, -0.05) is 42.5 Å². The van der Waals surface area contributed by atoms with Crippen LogP contribution in [0, 0.1) is 0 Å². The molecule has 0 aliphatic heterocycles. The van der Waals surface area contributed by atoms with Gasteiger partial charge in [0.2, 0.25) is 0 Å². The van der Waals surface area contributed by atoms with Crippen molar-refractivity contribution >= 4 is 0 Å². The first-order valence-corrected chi connectivity index (χ1v) is 11.0. The second-order valence-corrected chi connectivity index (χ2v) is 8.29. The molecular formula is C26H32N2O3. The fourth-order valence-corrected chi connectivity index (χ4v) is 3.92. The van der Waals surface area contributed by atoms with E-state index in [1.807, 2.05) is 42.5 Å². The van der Waals surface area contributed by atoms with E-state index >= 15 is 0 Å². The molecule has 1 heterocycles. The molecule has 1 aromatic heterocycles. The van der Waals surface area contributed by atoms with Crippen molar-refractivity contribution in [3.63, 3.8) is 0 Å². The number of nitrogens with zero attached hydrogens (tertiary/aromatic N) is 2. The molecule has 31 heavy (non-hydrogen) atoms. The summed E-state index contributed by atoms with van der Waals surface area (Å²) in [6.07, 6.45) is 4.04. The minimum Gasteiger partial charge on any atom is -0.497 e. The predicted molar refractivity (Wildman–Crippen MR) is 122 cm³/mol. The molecule has 5 nitrogen and oxygen atoms in total. The molecule has 1 atom stereocenters. The largest absolute Gasteiger partial charge is 0.497 e. The van der Waals surface area contributed by atoms with Crippen LogP contribution in [0.4, 0.5) is 0 Å². The normalized spacial score (nSPS) is 14.7. The number of hydrogen-bond acceptors (Lipinski definition) is 4. The highest BCUT2D eigenvalue weighted by molar-refractivity contribution is 5.29. The lowest BCUT2D eigenvalue weighted by Crippen LogP contribution is -2.36. The van der Waals surface area contributed by atoms with E-state index in [4.69, 9.17) is 9.47 Å². The maximum absolute atomic E-state index is 10.6. The molecule has 0 bridgehead atoms. The summed E-state index contributed by atoms with van der Waals surface area (Å²) < 4.78 is 13.4. The van der Waals surface area contributed by atoms with Gasteiger partial charge in [0.25, 0.3) is 0 Å². The van der Waals surface area contributed by atoms with E-state index in [9.17, 15) is 5.11 Å². The molecule has 1 aliphatic rings. The van der Waals surface area contributed by atoms with E-state index in [-0.39, 0.29) is 0 Å². The molecule has 0 spiro atoms. The quantitative estimate of drug-likeness (QED) is 0.480. The van der Waals surface area contributed by atoms with Crippen LogP contribution < -0.4 is 4.74 Å². The third kappa shape index (κ3) is 6.44. The van der Waals surface area contributed by atoms with Gasteiger partial charge in [-0.25, -0.2) is 0 Å². The van der Waals surface area contributed by atoms with Gasteiger partial charge in [-0.2, -0.15) is 0 Å². The summed E-state index contributed by atoms with van der Waals surface area (Å²) in [4.78, 5) is 2.40. The minimum atomic E-state index is -0.494. The Hall–Kier alpha value is -2.60. The van der Waals surface area contributed by atoms with E-state index in [1.54, 1.807) is 7.11 Å². The number of aromatic nitrogens is 1. The van der Waals surface area contributed by atoms with Gasteiger partial charge in [-0.15, -0.1) is 0 Å². The summed E-state index contributed by atoms with van der Waals surface area (Å²) in [6, 6.07) is 23.1. The zero-order valence-electron chi connectivity index (χ0n) is 18.2. The lowest BCUT2D eigenvalue weighted by Gasteiger charge is -2.25. The fourth-order valence-electron chi connectivity index (χ4n) is 3.92. The van der Waals surface area contributed by atoms with E-state index < -0.39 is 6.10 Å². The molecule has 1 saturated carbocycles. The van der Waals surface area contributed by atoms with Crippen molar-refractivity contribution in [3.8, 4) is 5.75 Å². The monoisotopic (exact) mass is 420 g/mol. The Morgan fingerprint density at radius 3 is 2.61 bits per heavy atom. The molecule has 5 heteroatoms. The van der Waals surface area contributed by atoms with Crippen molar-refractivity contribution in [2.24, 2.45) is 0 Å². The Labute approximate surface area is 184 Å². The van der Waals surface area contributed by atoms with Gasteiger partial charge in [-0.05, 0) is 48.2 Å². The molecule has 1 fully saturated rings. The third-order valence-corrected chi connectivity index (χ3v) is 5.71. The van der Waals surface area contributed by atoms with Crippen molar-refractivity contribution in [2.45, 2.75) is 44.7 Å². The number of ether oxygens (including phenoxy) is 2.